The van der Waals surface area contributed by atoms with Gasteiger partial charge in [-0.3, -0.25) is 0 Å². The summed E-state index contributed by atoms with van der Waals surface area (Å²) in [6.07, 6.45) is 0. The Bertz CT molecular complexity index is 538. The van der Waals surface area contributed by atoms with Gasteiger partial charge in [0.15, 0.2) is 9.84 Å². The van der Waals surface area contributed by atoms with Crippen LogP contribution in [-0.2, 0) is 16.4 Å². The topological polar surface area (TPSA) is 46.2 Å². The summed E-state index contributed by atoms with van der Waals surface area (Å²) in [6, 6.07) is 4.44. The quantitative estimate of drug-likeness (QED) is 0.829. The lowest BCUT2D eigenvalue weighted by atomic mass is 10.2. The molecule has 0 aliphatic rings. The molecular weight excluding hydrogens is 333 g/mol. The molecule has 108 valence electrons. The Morgan fingerprint density at radius 1 is 1.32 bits per heavy atom. The average Bonchev–Trinajstić information content (AvgIpc) is 2.27. The maximum absolute atomic E-state index is 13.1. The van der Waals surface area contributed by atoms with Crippen molar-refractivity contribution in [1.82, 2.24) is 5.32 Å². The van der Waals surface area contributed by atoms with E-state index in [1.807, 2.05) is 0 Å². The molecule has 0 bridgehead atoms. The number of sulfone groups is 1. The third kappa shape index (κ3) is 4.85. The second kappa shape index (κ2) is 6.33. The van der Waals surface area contributed by atoms with Gasteiger partial charge < -0.3 is 5.32 Å². The summed E-state index contributed by atoms with van der Waals surface area (Å²) in [4.78, 5) is 0. The van der Waals surface area contributed by atoms with Gasteiger partial charge >= 0.3 is 0 Å². The lowest BCUT2D eigenvalue weighted by molar-refractivity contribution is 0.555. The third-order valence-corrected chi connectivity index (χ3v) is 6.19. The van der Waals surface area contributed by atoms with Crippen LogP contribution >= 0.6 is 15.9 Å². The van der Waals surface area contributed by atoms with Gasteiger partial charge in [-0.05, 0) is 44.5 Å². The Kier molecular flexibility index (Phi) is 5.53. The molecule has 0 saturated carbocycles. The summed E-state index contributed by atoms with van der Waals surface area (Å²) in [7, 11) is -3.12. The minimum absolute atomic E-state index is 0.0729. The van der Waals surface area contributed by atoms with Crippen LogP contribution in [0.3, 0.4) is 0 Å². The van der Waals surface area contributed by atoms with Crippen molar-refractivity contribution in [3.63, 3.8) is 0 Å². The summed E-state index contributed by atoms with van der Waals surface area (Å²) in [6.45, 7) is 5.84. The Balaban J connectivity index is 2.50. The third-order valence-electron chi connectivity index (χ3n) is 2.80. The molecule has 1 aromatic rings. The Labute approximate surface area is 122 Å². The molecule has 0 atom stereocenters. The van der Waals surface area contributed by atoms with Gasteiger partial charge in [0.05, 0.1) is 10.5 Å². The minimum Gasteiger partial charge on any atom is -0.312 e. The lowest BCUT2D eigenvalue weighted by Gasteiger charge is -2.19. The zero-order valence-electron chi connectivity index (χ0n) is 11.3. The first-order valence-electron chi connectivity index (χ1n) is 6.00. The zero-order chi connectivity index (χ0) is 14.7. The summed E-state index contributed by atoms with van der Waals surface area (Å²) >= 11 is 3.33. The van der Waals surface area contributed by atoms with E-state index in [4.69, 9.17) is 0 Å². The summed E-state index contributed by atoms with van der Waals surface area (Å²) in [5, 5.41) is 3.02. The van der Waals surface area contributed by atoms with Crippen molar-refractivity contribution in [2.45, 2.75) is 32.1 Å². The Morgan fingerprint density at radius 2 is 1.95 bits per heavy atom. The van der Waals surface area contributed by atoms with Crippen LogP contribution in [0.15, 0.2) is 22.7 Å². The molecule has 0 aliphatic heterocycles. The highest BCUT2D eigenvalue weighted by Gasteiger charge is 2.27. The van der Waals surface area contributed by atoms with E-state index < -0.39 is 14.6 Å². The van der Waals surface area contributed by atoms with Crippen molar-refractivity contribution in [3.05, 3.63) is 34.1 Å². The number of benzene rings is 1. The fourth-order valence-corrected chi connectivity index (χ4v) is 2.83. The first-order valence-corrected chi connectivity index (χ1v) is 8.45. The average molecular weight is 352 g/mol. The van der Waals surface area contributed by atoms with Gasteiger partial charge in [-0.2, -0.15) is 0 Å². The van der Waals surface area contributed by atoms with Crippen molar-refractivity contribution in [1.29, 1.82) is 0 Å². The van der Waals surface area contributed by atoms with Crippen LogP contribution in [0.5, 0.6) is 0 Å². The van der Waals surface area contributed by atoms with Crippen molar-refractivity contribution in [2.75, 3.05) is 12.3 Å². The van der Waals surface area contributed by atoms with Gasteiger partial charge in [0.25, 0.3) is 0 Å². The molecule has 0 aliphatic carbocycles. The molecule has 0 aromatic heterocycles. The van der Waals surface area contributed by atoms with Gasteiger partial charge in [-0.15, -0.1) is 0 Å². The SMILES string of the molecule is CC(C)(C)S(=O)(=O)CCNCc1cc(F)ccc1Br. The molecule has 1 rings (SSSR count). The van der Waals surface area contributed by atoms with Crippen LogP contribution in [0, 0.1) is 5.82 Å². The molecule has 0 unspecified atom stereocenters. The fraction of sp³-hybridized carbons (Fsp3) is 0.538. The van der Waals surface area contributed by atoms with Crippen LogP contribution in [-0.4, -0.2) is 25.5 Å². The van der Waals surface area contributed by atoms with E-state index in [9.17, 15) is 12.8 Å². The summed E-state index contributed by atoms with van der Waals surface area (Å²) in [5.74, 6) is -0.231. The number of rotatable bonds is 5. The maximum atomic E-state index is 13.1. The molecule has 0 amide bonds. The molecule has 0 heterocycles. The van der Waals surface area contributed by atoms with Crippen molar-refractivity contribution in [2.24, 2.45) is 0 Å². The fourth-order valence-electron chi connectivity index (χ4n) is 1.41. The highest BCUT2D eigenvalue weighted by Crippen LogP contribution is 2.18. The van der Waals surface area contributed by atoms with Crippen LogP contribution < -0.4 is 5.32 Å². The molecule has 3 nitrogen and oxygen atoms in total. The minimum atomic E-state index is -3.12. The van der Waals surface area contributed by atoms with Gasteiger partial charge in [-0.1, -0.05) is 15.9 Å². The summed E-state index contributed by atoms with van der Waals surface area (Å²) in [5.41, 5.74) is 0.771. The lowest BCUT2D eigenvalue weighted by Crippen LogP contribution is -2.34. The normalized spacial score (nSPS) is 12.7. The molecule has 0 saturated heterocycles. The van der Waals surface area contributed by atoms with Crippen molar-refractivity contribution in [3.8, 4) is 0 Å². The number of hydrogen-bond donors (Lipinski definition) is 1. The first-order chi connectivity index (χ1) is 8.63. The monoisotopic (exact) mass is 351 g/mol. The number of nitrogens with one attached hydrogen (secondary N) is 1. The summed E-state index contributed by atoms with van der Waals surface area (Å²) < 4.78 is 36.9. The van der Waals surface area contributed by atoms with E-state index in [1.54, 1.807) is 26.8 Å². The van der Waals surface area contributed by atoms with Crippen LogP contribution in [0.2, 0.25) is 0 Å². The highest BCUT2D eigenvalue weighted by atomic mass is 79.9. The second-order valence-corrected chi connectivity index (χ2v) is 9.06. The molecule has 0 fully saturated rings. The molecular formula is C13H19BrFNO2S. The van der Waals surface area contributed by atoms with E-state index in [-0.39, 0.29) is 11.6 Å². The van der Waals surface area contributed by atoms with E-state index in [0.717, 1.165) is 10.0 Å². The van der Waals surface area contributed by atoms with E-state index in [0.29, 0.717) is 13.1 Å². The maximum Gasteiger partial charge on any atom is 0.156 e. The number of halogens is 2. The second-order valence-electron chi connectivity index (χ2n) is 5.34. The smallest absolute Gasteiger partial charge is 0.156 e. The first kappa shape index (κ1) is 16.6. The Morgan fingerprint density at radius 3 is 2.53 bits per heavy atom. The molecule has 0 radical (unpaired) electrons. The van der Waals surface area contributed by atoms with Crippen LogP contribution in [0.1, 0.15) is 26.3 Å². The van der Waals surface area contributed by atoms with Crippen LogP contribution in [0.25, 0.3) is 0 Å². The largest absolute Gasteiger partial charge is 0.312 e. The molecule has 1 aromatic carbocycles. The molecule has 6 heteroatoms. The zero-order valence-corrected chi connectivity index (χ0v) is 13.7. The van der Waals surface area contributed by atoms with Gasteiger partial charge in [0.1, 0.15) is 5.82 Å². The number of hydrogen-bond acceptors (Lipinski definition) is 3. The van der Waals surface area contributed by atoms with Crippen LogP contribution in [0.4, 0.5) is 4.39 Å². The predicted molar refractivity (Wildman–Crippen MR) is 79.3 cm³/mol. The predicted octanol–water partition coefficient (Wildman–Crippen LogP) is 2.89. The van der Waals surface area contributed by atoms with Crippen molar-refractivity contribution >= 4 is 25.8 Å². The molecule has 0 spiro atoms. The molecule has 1 N–H and O–H groups in total. The molecule has 19 heavy (non-hydrogen) atoms. The van der Waals surface area contributed by atoms with E-state index in [1.165, 1.54) is 12.1 Å². The standard InChI is InChI=1S/C13H19BrFNO2S/c1-13(2,3)19(17,18)7-6-16-9-10-8-11(15)4-5-12(10)14/h4-5,8,16H,6-7,9H2,1-3H3. The van der Waals surface area contributed by atoms with Gasteiger partial charge in [0.2, 0.25) is 0 Å². The highest BCUT2D eigenvalue weighted by molar-refractivity contribution is 9.10. The van der Waals surface area contributed by atoms with Gasteiger partial charge in [-0.25, -0.2) is 12.8 Å². The van der Waals surface area contributed by atoms with Gasteiger partial charge in [0, 0.05) is 17.6 Å². The van der Waals surface area contributed by atoms with E-state index >= 15 is 0 Å². The van der Waals surface area contributed by atoms with E-state index in [2.05, 4.69) is 21.2 Å². The Hall–Kier alpha value is -0.460. The van der Waals surface area contributed by atoms with Crippen molar-refractivity contribution < 1.29 is 12.8 Å².